The molecule has 0 amide bonds. The van der Waals surface area contributed by atoms with Crippen LogP contribution in [0.15, 0.2) is 16.5 Å². The number of non-ortho nitro benzene ring substituents is 2. The molecule has 0 spiro atoms. The molecular formula is C13H12N2O5. The zero-order valence-electron chi connectivity index (χ0n) is 10.8. The fourth-order valence-electron chi connectivity index (χ4n) is 2.80. The molecule has 7 heteroatoms. The molecule has 1 aromatic heterocycles. The van der Waals surface area contributed by atoms with Crippen molar-refractivity contribution in [2.45, 2.75) is 26.2 Å². The Morgan fingerprint density at radius 1 is 1.25 bits per heavy atom. The maximum atomic E-state index is 11.2. The van der Waals surface area contributed by atoms with Gasteiger partial charge in [0.1, 0.15) is 16.7 Å². The van der Waals surface area contributed by atoms with E-state index in [1.54, 1.807) is 0 Å². The van der Waals surface area contributed by atoms with Crippen molar-refractivity contribution in [1.82, 2.24) is 0 Å². The summed E-state index contributed by atoms with van der Waals surface area (Å²) in [4.78, 5) is 20.8. The Labute approximate surface area is 113 Å². The normalized spacial score (nSPS) is 17.9. The van der Waals surface area contributed by atoms with Crippen molar-refractivity contribution in [3.63, 3.8) is 0 Å². The number of aryl methyl sites for hydroxylation is 1. The number of nitro benzene ring substituents is 2. The van der Waals surface area contributed by atoms with E-state index in [0.29, 0.717) is 17.7 Å². The molecule has 0 N–H and O–H groups in total. The largest absolute Gasteiger partial charge is 0.460 e. The molecule has 20 heavy (non-hydrogen) atoms. The Morgan fingerprint density at radius 3 is 2.65 bits per heavy atom. The van der Waals surface area contributed by atoms with Gasteiger partial charge in [0.15, 0.2) is 0 Å². The molecule has 1 unspecified atom stereocenters. The Balaban J connectivity index is 2.33. The van der Waals surface area contributed by atoms with Crippen LogP contribution < -0.4 is 0 Å². The smallest absolute Gasteiger partial charge is 0.287 e. The molecule has 1 aromatic carbocycles. The van der Waals surface area contributed by atoms with Gasteiger partial charge in [0.25, 0.3) is 11.4 Å². The number of hydrogen-bond donors (Lipinski definition) is 0. The maximum absolute atomic E-state index is 11.2. The van der Waals surface area contributed by atoms with E-state index in [1.807, 2.05) is 0 Å². The third kappa shape index (κ3) is 1.82. The molecule has 104 valence electrons. The van der Waals surface area contributed by atoms with E-state index in [1.165, 1.54) is 6.07 Å². The van der Waals surface area contributed by atoms with Crippen molar-refractivity contribution in [2.75, 3.05) is 0 Å². The van der Waals surface area contributed by atoms with Gasteiger partial charge in [-0.1, -0.05) is 6.92 Å². The Bertz CT molecular complexity index is 734. The van der Waals surface area contributed by atoms with Crippen molar-refractivity contribution in [1.29, 1.82) is 0 Å². The summed E-state index contributed by atoms with van der Waals surface area (Å²) in [5.41, 5.74) is 0.516. The van der Waals surface area contributed by atoms with Crippen LogP contribution in [0.2, 0.25) is 0 Å². The highest BCUT2D eigenvalue weighted by molar-refractivity contribution is 5.93. The second kappa shape index (κ2) is 4.29. The van der Waals surface area contributed by atoms with Crippen LogP contribution in [0.3, 0.4) is 0 Å². The van der Waals surface area contributed by atoms with Gasteiger partial charge in [0, 0.05) is 12.0 Å². The highest BCUT2D eigenvalue weighted by atomic mass is 16.6. The first-order chi connectivity index (χ1) is 9.47. The summed E-state index contributed by atoms with van der Waals surface area (Å²) in [6.07, 6.45) is 2.39. The Hall–Kier alpha value is -2.44. The van der Waals surface area contributed by atoms with E-state index >= 15 is 0 Å². The summed E-state index contributed by atoms with van der Waals surface area (Å²) in [7, 11) is 0. The van der Waals surface area contributed by atoms with E-state index in [2.05, 4.69) is 6.92 Å². The SMILES string of the molecule is CC1CCc2oc3cc([N+](=O)[O-])cc([N+](=O)[O-])c3c2C1. The van der Waals surface area contributed by atoms with Crippen molar-refractivity contribution >= 4 is 22.3 Å². The molecule has 0 bridgehead atoms. The fourth-order valence-corrected chi connectivity index (χ4v) is 2.80. The van der Waals surface area contributed by atoms with Crippen LogP contribution >= 0.6 is 0 Å². The van der Waals surface area contributed by atoms with Gasteiger partial charge < -0.3 is 4.42 Å². The molecule has 7 nitrogen and oxygen atoms in total. The average molecular weight is 276 g/mol. The first-order valence-electron chi connectivity index (χ1n) is 6.34. The number of fused-ring (bicyclic) bond motifs is 3. The molecule has 0 aliphatic heterocycles. The van der Waals surface area contributed by atoms with Crippen molar-refractivity contribution < 1.29 is 14.3 Å². The summed E-state index contributed by atoms with van der Waals surface area (Å²) in [6, 6.07) is 2.28. The van der Waals surface area contributed by atoms with Crippen LogP contribution in [0, 0.1) is 26.1 Å². The van der Waals surface area contributed by atoms with E-state index in [-0.39, 0.29) is 17.0 Å². The van der Waals surface area contributed by atoms with Crippen LogP contribution in [0.4, 0.5) is 11.4 Å². The number of hydrogen-bond acceptors (Lipinski definition) is 5. The Kier molecular flexibility index (Phi) is 2.70. The summed E-state index contributed by atoms with van der Waals surface area (Å²) in [6.45, 7) is 2.08. The Morgan fingerprint density at radius 2 is 2.00 bits per heavy atom. The van der Waals surface area contributed by atoms with Gasteiger partial charge >= 0.3 is 0 Å². The van der Waals surface area contributed by atoms with Gasteiger partial charge in [0.05, 0.1) is 22.0 Å². The quantitative estimate of drug-likeness (QED) is 0.618. The fraction of sp³-hybridized carbons (Fsp3) is 0.385. The standard InChI is InChI=1S/C13H12N2O5/c1-7-2-3-11-9(4-7)13-10(15(18)19)5-8(14(16)17)6-12(13)20-11/h5-7H,2-4H2,1H3. The molecule has 0 fully saturated rings. The van der Waals surface area contributed by atoms with Crippen molar-refractivity contribution in [3.8, 4) is 0 Å². The monoisotopic (exact) mass is 276 g/mol. The third-order valence-corrected chi connectivity index (χ3v) is 3.76. The van der Waals surface area contributed by atoms with Crippen molar-refractivity contribution in [2.24, 2.45) is 5.92 Å². The molecule has 0 radical (unpaired) electrons. The lowest BCUT2D eigenvalue weighted by atomic mass is 9.87. The van der Waals surface area contributed by atoms with Gasteiger partial charge in [-0.05, 0) is 18.8 Å². The van der Waals surface area contributed by atoms with Crippen molar-refractivity contribution in [3.05, 3.63) is 43.7 Å². The minimum absolute atomic E-state index is 0.241. The maximum Gasteiger partial charge on any atom is 0.287 e. The molecule has 1 aliphatic carbocycles. The van der Waals surface area contributed by atoms with Crippen LogP contribution in [-0.4, -0.2) is 9.85 Å². The predicted molar refractivity (Wildman–Crippen MR) is 70.7 cm³/mol. The average Bonchev–Trinajstić information content (AvgIpc) is 2.75. The lowest BCUT2D eigenvalue weighted by molar-refractivity contribution is -0.393. The van der Waals surface area contributed by atoms with Gasteiger partial charge in [-0.25, -0.2) is 0 Å². The molecule has 1 atom stereocenters. The molecule has 1 heterocycles. The zero-order valence-corrected chi connectivity index (χ0v) is 10.8. The molecule has 1 aliphatic rings. The van der Waals surface area contributed by atoms with Gasteiger partial charge in [-0.15, -0.1) is 0 Å². The van der Waals surface area contributed by atoms with E-state index < -0.39 is 9.85 Å². The van der Waals surface area contributed by atoms with Gasteiger partial charge in [-0.3, -0.25) is 20.2 Å². The summed E-state index contributed by atoms with van der Waals surface area (Å²) >= 11 is 0. The summed E-state index contributed by atoms with van der Waals surface area (Å²) in [5, 5.41) is 22.5. The number of rotatable bonds is 2. The van der Waals surface area contributed by atoms with Crippen LogP contribution in [-0.2, 0) is 12.8 Å². The van der Waals surface area contributed by atoms with Crippen LogP contribution in [0.25, 0.3) is 11.0 Å². The molecule has 0 saturated heterocycles. The first-order valence-corrected chi connectivity index (χ1v) is 6.34. The second-order valence-corrected chi connectivity index (χ2v) is 5.20. The van der Waals surface area contributed by atoms with E-state index in [4.69, 9.17) is 4.42 Å². The lowest BCUT2D eigenvalue weighted by Gasteiger charge is -2.16. The number of benzene rings is 1. The summed E-state index contributed by atoms with van der Waals surface area (Å²) < 4.78 is 5.61. The molecular weight excluding hydrogens is 264 g/mol. The second-order valence-electron chi connectivity index (χ2n) is 5.20. The molecule has 0 saturated carbocycles. The van der Waals surface area contributed by atoms with Crippen LogP contribution in [0.1, 0.15) is 24.7 Å². The number of furan rings is 1. The molecule has 3 rings (SSSR count). The minimum Gasteiger partial charge on any atom is -0.460 e. The van der Waals surface area contributed by atoms with Gasteiger partial charge in [-0.2, -0.15) is 0 Å². The topological polar surface area (TPSA) is 99.4 Å². The van der Waals surface area contributed by atoms with E-state index in [0.717, 1.165) is 30.2 Å². The zero-order chi connectivity index (χ0) is 14.4. The number of nitro groups is 2. The minimum atomic E-state index is -0.642. The molecule has 2 aromatic rings. The number of nitrogens with zero attached hydrogens (tertiary/aromatic N) is 2. The lowest BCUT2D eigenvalue weighted by Crippen LogP contribution is -2.09. The highest BCUT2D eigenvalue weighted by Crippen LogP contribution is 2.40. The summed E-state index contributed by atoms with van der Waals surface area (Å²) in [5.74, 6) is 1.15. The predicted octanol–water partition coefficient (Wildman–Crippen LogP) is 3.37. The van der Waals surface area contributed by atoms with Crippen LogP contribution in [0.5, 0.6) is 0 Å². The third-order valence-electron chi connectivity index (χ3n) is 3.76. The highest BCUT2D eigenvalue weighted by Gasteiger charge is 2.29. The van der Waals surface area contributed by atoms with Gasteiger partial charge in [0.2, 0.25) is 0 Å². The van der Waals surface area contributed by atoms with E-state index in [9.17, 15) is 20.2 Å². The first kappa shape index (κ1) is 12.6.